The maximum atomic E-state index is 13.8. The predicted molar refractivity (Wildman–Crippen MR) is 103 cm³/mol. The van der Waals surface area contributed by atoms with Crippen LogP contribution in [0, 0.1) is 11.7 Å². The van der Waals surface area contributed by atoms with Gasteiger partial charge in [0.15, 0.2) is 0 Å². The van der Waals surface area contributed by atoms with Crippen LogP contribution in [-0.4, -0.2) is 47.9 Å². The molecule has 1 aromatic rings. The maximum absolute atomic E-state index is 13.8. The van der Waals surface area contributed by atoms with Gasteiger partial charge in [-0.2, -0.15) is 0 Å². The number of benzene rings is 1. The molecule has 0 unspecified atom stereocenters. The van der Waals surface area contributed by atoms with Gasteiger partial charge >= 0.3 is 0 Å². The summed E-state index contributed by atoms with van der Waals surface area (Å²) >= 11 is 0. The van der Waals surface area contributed by atoms with E-state index in [-0.39, 0.29) is 23.4 Å². The fourth-order valence-electron chi connectivity index (χ4n) is 3.98. The summed E-state index contributed by atoms with van der Waals surface area (Å²) in [4.78, 5) is 27.6. The zero-order valence-corrected chi connectivity index (χ0v) is 16.2. The van der Waals surface area contributed by atoms with Gasteiger partial charge in [-0.05, 0) is 56.8 Å². The number of likely N-dealkylation sites (tertiary alicyclic amines) is 1. The third kappa shape index (κ3) is 4.86. The molecule has 6 heteroatoms. The quantitative estimate of drug-likeness (QED) is 0.804. The van der Waals surface area contributed by atoms with Crippen LogP contribution in [0.3, 0.4) is 0 Å². The van der Waals surface area contributed by atoms with Crippen LogP contribution in [0.15, 0.2) is 24.3 Å². The topological polar surface area (TPSA) is 61.4 Å². The van der Waals surface area contributed by atoms with Crippen molar-refractivity contribution in [3.05, 3.63) is 35.6 Å². The van der Waals surface area contributed by atoms with Crippen molar-refractivity contribution < 1.29 is 14.0 Å². The SMILES string of the molecule is CC(C)[C@H](NC(=O)c1ccccc1F)C(=O)NC1CC(N2CCCCC2)C1. The molecule has 2 amide bonds. The molecule has 5 nitrogen and oxygen atoms in total. The summed E-state index contributed by atoms with van der Waals surface area (Å²) in [5.74, 6) is -1.40. The number of nitrogens with one attached hydrogen (secondary N) is 2. The summed E-state index contributed by atoms with van der Waals surface area (Å²) in [6, 6.07) is 5.87. The van der Waals surface area contributed by atoms with Crippen LogP contribution in [0.5, 0.6) is 0 Å². The summed E-state index contributed by atoms with van der Waals surface area (Å²) in [5.41, 5.74) is -0.0373. The molecule has 2 fully saturated rings. The van der Waals surface area contributed by atoms with E-state index in [1.165, 1.54) is 50.6 Å². The molecule has 0 aromatic heterocycles. The summed E-state index contributed by atoms with van der Waals surface area (Å²) in [5, 5.41) is 5.76. The highest BCUT2D eigenvalue weighted by Crippen LogP contribution is 2.28. The Morgan fingerprint density at radius 1 is 1.11 bits per heavy atom. The van der Waals surface area contributed by atoms with Crippen molar-refractivity contribution in [1.29, 1.82) is 0 Å². The van der Waals surface area contributed by atoms with Crippen LogP contribution < -0.4 is 10.6 Å². The Balaban J connectivity index is 1.52. The van der Waals surface area contributed by atoms with Crippen LogP contribution in [0.25, 0.3) is 0 Å². The van der Waals surface area contributed by atoms with Crippen molar-refractivity contribution in [2.75, 3.05) is 13.1 Å². The molecule has 1 aliphatic carbocycles. The van der Waals surface area contributed by atoms with Gasteiger partial charge < -0.3 is 15.5 Å². The van der Waals surface area contributed by atoms with E-state index in [0.717, 1.165) is 12.8 Å². The standard InChI is InChI=1S/C21H30FN3O2/c1-14(2)19(24-20(26)17-8-4-5-9-18(17)22)21(27)23-15-12-16(13-15)25-10-6-3-7-11-25/h4-5,8-9,14-16,19H,3,6-7,10-13H2,1-2H3,(H,23,27)(H,24,26)/t15?,16?,19-/m0/s1. The summed E-state index contributed by atoms with van der Waals surface area (Å²) < 4.78 is 13.8. The Kier molecular flexibility index (Phi) is 6.47. The molecule has 0 spiro atoms. The Labute approximate surface area is 160 Å². The summed E-state index contributed by atoms with van der Waals surface area (Å²) in [6.45, 7) is 6.09. The highest BCUT2D eigenvalue weighted by molar-refractivity contribution is 5.97. The molecule has 1 heterocycles. The molecule has 0 bridgehead atoms. The number of piperidine rings is 1. The Morgan fingerprint density at radius 2 is 1.78 bits per heavy atom. The van der Waals surface area contributed by atoms with Crippen LogP contribution >= 0.6 is 0 Å². The number of hydrogen-bond acceptors (Lipinski definition) is 3. The molecule has 3 rings (SSSR count). The lowest BCUT2D eigenvalue weighted by Gasteiger charge is -2.45. The van der Waals surface area contributed by atoms with E-state index in [1.807, 2.05) is 13.8 Å². The molecule has 1 atom stereocenters. The largest absolute Gasteiger partial charge is 0.351 e. The number of amides is 2. The first-order chi connectivity index (χ1) is 13.0. The van der Waals surface area contributed by atoms with Crippen LogP contribution in [0.2, 0.25) is 0 Å². The lowest BCUT2D eigenvalue weighted by molar-refractivity contribution is -0.125. The molecule has 1 aromatic carbocycles. The number of carbonyl (C=O) groups excluding carboxylic acids is 2. The molecule has 27 heavy (non-hydrogen) atoms. The normalized spacial score (nSPS) is 24.1. The van der Waals surface area contributed by atoms with Crippen molar-refractivity contribution in [3.63, 3.8) is 0 Å². The predicted octanol–water partition coefficient (Wildman–Crippen LogP) is 2.71. The van der Waals surface area contributed by atoms with Crippen molar-refractivity contribution in [3.8, 4) is 0 Å². The lowest BCUT2D eigenvalue weighted by atomic mass is 9.84. The molecule has 2 N–H and O–H groups in total. The number of rotatable bonds is 6. The fourth-order valence-corrected chi connectivity index (χ4v) is 3.98. The Morgan fingerprint density at radius 3 is 2.41 bits per heavy atom. The van der Waals surface area contributed by atoms with E-state index in [9.17, 15) is 14.0 Å². The highest BCUT2D eigenvalue weighted by Gasteiger charge is 2.36. The first kappa shape index (κ1) is 19.8. The van der Waals surface area contributed by atoms with Crippen molar-refractivity contribution in [2.24, 2.45) is 5.92 Å². The van der Waals surface area contributed by atoms with Gasteiger partial charge in [-0.3, -0.25) is 9.59 Å². The molecule has 148 valence electrons. The van der Waals surface area contributed by atoms with Crippen molar-refractivity contribution in [2.45, 2.75) is 64.1 Å². The van der Waals surface area contributed by atoms with Gasteiger partial charge in [-0.1, -0.05) is 32.4 Å². The van der Waals surface area contributed by atoms with E-state index in [0.29, 0.717) is 6.04 Å². The first-order valence-electron chi connectivity index (χ1n) is 10.1. The van der Waals surface area contributed by atoms with Crippen LogP contribution in [0.1, 0.15) is 56.3 Å². The minimum Gasteiger partial charge on any atom is -0.351 e. The molecule has 1 saturated heterocycles. The van der Waals surface area contributed by atoms with Gasteiger partial charge in [0, 0.05) is 12.1 Å². The molecule has 0 radical (unpaired) electrons. The van der Waals surface area contributed by atoms with E-state index >= 15 is 0 Å². The van der Waals surface area contributed by atoms with Crippen LogP contribution in [0.4, 0.5) is 4.39 Å². The van der Waals surface area contributed by atoms with Gasteiger partial charge in [-0.25, -0.2) is 4.39 Å². The fraction of sp³-hybridized carbons (Fsp3) is 0.619. The Hall–Kier alpha value is -1.95. The van der Waals surface area contributed by atoms with Gasteiger partial charge in [0.2, 0.25) is 5.91 Å². The van der Waals surface area contributed by atoms with Gasteiger partial charge in [0.05, 0.1) is 5.56 Å². The molecular formula is C21H30FN3O2. The number of hydrogen-bond donors (Lipinski definition) is 2. The second-order valence-electron chi connectivity index (χ2n) is 8.10. The summed E-state index contributed by atoms with van der Waals surface area (Å²) in [7, 11) is 0. The third-order valence-corrected chi connectivity index (χ3v) is 5.72. The zero-order chi connectivity index (χ0) is 19.4. The third-order valence-electron chi connectivity index (χ3n) is 5.72. The molecule has 2 aliphatic rings. The molecule has 1 aliphatic heterocycles. The Bertz CT molecular complexity index is 667. The molecule has 1 saturated carbocycles. The van der Waals surface area contributed by atoms with Crippen molar-refractivity contribution >= 4 is 11.8 Å². The highest BCUT2D eigenvalue weighted by atomic mass is 19.1. The minimum atomic E-state index is -0.675. The maximum Gasteiger partial charge on any atom is 0.254 e. The van der Waals surface area contributed by atoms with E-state index < -0.39 is 17.8 Å². The number of halogens is 1. The average molecular weight is 375 g/mol. The minimum absolute atomic E-state index is 0.0373. The second-order valence-corrected chi connectivity index (χ2v) is 8.10. The first-order valence-corrected chi connectivity index (χ1v) is 10.1. The van der Waals surface area contributed by atoms with E-state index in [2.05, 4.69) is 15.5 Å². The van der Waals surface area contributed by atoms with Crippen molar-refractivity contribution in [1.82, 2.24) is 15.5 Å². The monoisotopic (exact) mass is 375 g/mol. The zero-order valence-electron chi connectivity index (χ0n) is 16.2. The second kappa shape index (κ2) is 8.83. The van der Waals surface area contributed by atoms with Crippen LogP contribution in [-0.2, 0) is 4.79 Å². The van der Waals surface area contributed by atoms with E-state index in [1.54, 1.807) is 6.07 Å². The summed E-state index contributed by atoms with van der Waals surface area (Å²) in [6.07, 6.45) is 5.80. The average Bonchev–Trinajstić information content (AvgIpc) is 2.62. The molecular weight excluding hydrogens is 345 g/mol. The number of carbonyl (C=O) groups is 2. The number of nitrogens with zero attached hydrogens (tertiary/aromatic N) is 1. The van der Waals surface area contributed by atoms with Gasteiger partial charge in [0.25, 0.3) is 5.91 Å². The smallest absolute Gasteiger partial charge is 0.254 e. The van der Waals surface area contributed by atoms with Gasteiger partial charge in [-0.15, -0.1) is 0 Å². The lowest BCUT2D eigenvalue weighted by Crippen LogP contribution is -2.58. The van der Waals surface area contributed by atoms with E-state index in [4.69, 9.17) is 0 Å². The van der Waals surface area contributed by atoms with Gasteiger partial charge in [0.1, 0.15) is 11.9 Å².